The van der Waals surface area contributed by atoms with Gasteiger partial charge in [-0.2, -0.15) is 13.2 Å². The van der Waals surface area contributed by atoms with Crippen LogP contribution in [0.3, 0.4) is 0 Å². The van der Waals surface area contributed by atoms with Crippen molar-refractivity contribution in [1.29, 1.82) is 0 Å². The first-order chi connectivity index (χ1) is 15.3. The number of ether oxygens (including phenoxy) is 3. The molecule has 33 heavy (non-hydrogen) atoms. The van der Waals surface area contributed by atoms with Gasteiger partial charge >= 0.3 is 12.3 Å². The fourth-order valence-corrected chi connectivity index (χ4v) is 3.61. The second-order valence-corrected chi connectivity index (χ2v) is 9.44. The first kappa shape index (κ1) is 24.7. The lowest BCUT2D eigenvalue weighted by molar-refractivity contribution is -0.198. The number of aromatic nitrogens is 1. The van der Waals surface area contributed by atoms with Crippen molar-refractivity contribution in [2.75, 3.05) is 6.61 Å². The van der Waals surface area contributed by atoms with Gasteiger partial charge in [-0.25, -0.2) is 4.79 Å². The van der Waals surface area contributed by atoms with E-state index in [-0.39, 0.29) is 29.9 Å². The van der Waals surface area contributed by atoms with Gasteiger partial charge in [0, 0.05) is 35.2 Å². The maximum atomic E-state index is 13.6. The first-order valence-corrected chi connectivity index (χ1v) is 10.8. The van der Waals surface area contributed by atoms with Crippen LogP contribution in [0, 0.1) is 5.92 Å². The molecule has 0 spiro atoms. The number of hydrogen-bond acceptors (Lipinski definition) is 5. The number of pyridine rings is 1. The van der Waals surface area contributed by atoms with Crippen LogP contribution in [0.2, 0.25) is 0 Å². The quantitative estimate of drug-likeness (QED) is 0.560. The van der Waals surface area contributed by atoms with Crippen LogP contribution in [0.5, 0.6) is 11.5 Å². The van der Waals surface area contributed by atoms with E-state index in [4.69, 9.17) is 14.2 Å². The zero-order valence-corrected chi connectivity index (χ0v) is 19.3. The number of carbonyl (C=O) groups is 1. The summed E-state index contributed by atoms with van der Waals surface area (Å²) >= 11 is 0. The Morgan fingerprint density at radius 1 is 1.18 bits per heavy atom. The summed E-state index contributed by atoms with van der Waals surface area (Å²) in [5.41, 5.74) is 0.272. The molecule has 0 bridgehead atoms. The third-order valence-corrected chi connectivity index (χ3v) is 4.85. The van der Waals surface area contributed by atoms with Crippen molar-refractivity contribution < 1.29 is 32.2 Å². The highest BCUT2D eigenvalue weighted by Gasteiger charge is 2.46. The van der Waals surface area contributed by atoms with Gasteiger partial charge in [-0.15, -0.1) is 0 Å². The number of hydrogen-bond donors (Lipinski definition) is 1. The largest absolute Gasteiger partial charge is 0.491 e. The maximum Gasteiger partial charge on any atom is 0.429 e. The van der Waals surface area contributed by atoms with Gasteiger partial charge in [-0.1, -0.05) is 13.8 Å². The van der Waals surface area contributed by atoms with E-state index in [1.165, 1.54) is 24.5 Å². The maximum absolute atomic E-state index is 13.6. The highest BCUT2D eigenvalue weighted by Crippen LogP contribution is 2.48. The fourth-order valence-electron chi connectivity index (χ4n) is 3.61. The predicted molar refractivity (Wildman–Crippen MR) is 117 cm³/mol. The van der Waals surface area contributed by atoms with Crippen LogP contribution in [-0.4, -0.2) is 35.5 Å². The number of halogens is 3. The van der Waals surface area contributed by atoms with Crippen LogP contribution >= 0.6 is 0 Å². The molecule has 1 aromatic heterocycles. The van der Waals surface area contributed by atoms with Crippen LogP contribution in [0.1, 0.15) is 52.7 Å². The van der Waals surface area contributed by atoms with E-state index in [2.05, 4.69) is 10.3 Å². The molecule has 9 heteroatoms. The Morgan fingerprint density at radius 3 is 2.55 bits per heavy atom. The Bertz CT molecular complexity index is 986. The monoisotopic (exact) mass is 466 g/mol. The summed E-state index contributed by atoms with van der Waals surface area (Å²) in [6.07, 6.45) is -3.86. The number of rotatable bonds is 6. The molecule has 1 unspecified atom stereocenters. The second-order valence-electron chi connectivity index (χ2n) is 9.44. The minimum Gasteiger partial charge on any atom is -0.491 e. The van der Waals surface area contributed by atoms with E-state index >= 15 is 0 Å². The van der Waals surface area contributed by atoms with Gasteiger partial charge in [-0.3, -0.25) is 4.98 Å². The molecule has 1 aliphatic rings. The molecule has 3 rings (SSSR count). The molecule has 180 valence electrons. The smallest absolute Gasteiger partial charge is 0.429 e. The summed E-state index contributed by atoms with van der Waals surface area (Å²) in [4.78, 5) is 16.1. The van der Waals surface area contributed by atoms with Crippen LogP contribution in [0.4, 0.5) is 18.0 Å². The van der Waals surface area contributed by atoms with Gasteiger partial charge in [0.2, 0.25) is 6.10 Å². The van der Waals surface area contributed by atoms with Gasteiger partial charge in [0.1, 0.15) is 23.7 Å². The number of nitrogens with zero attached hydrogens (tertiary/aromatic N) is 1. The lowest BCUT2D eigenvalue weighted by Crippen LogP contribution is -2.42. The summed E-state index contributed by atoms with van der Waals surface area (Å²) in [5.74, 6) is 0.676. The molecule has 0 radical (unpaired) electrons. The summed E-state index contributed by atoms with van der Waals surface area (Å²) in [7, 11) is 0. The van der Waals surface area contributed by atoms with Crippen molar-refractivity contribution in [3.8, 4) is 22.6 Å². The van der Waals surface area contributed by atoms with Crippen molar-refractivity contribution in [1.82, 2.24) is 10.3 Å². The lowest BCUT2D eigenvalue weighted by atomic mass is 9.94. The average molecular weight is 467 g/mol. The van der Waals surface area contributed by atoms with Crippen LogP contribution in [-0.2, 0) is 4.74 Å². The van der Waals surface area contributed by atoms with Crippen molar-refractivity contribution in [2.24, 2.45) is 5.92 Å². The average Bonchev–Trinajstić information content (AvgIpc) is 2.68. The Kier molecular flexibility index (Phi) is 7.09. The van der Waals surface area contributed by atoms with Gasteiger partial charge in [-0.05, 0) is 51.3 Å². The molecule has 1 amide bonds. The molecular weight excluding hydrogens is 437 g/mol. The topological polar surface area (TPSA) is 69.7 Å². The van der Waals surface area contributed by atoms with Crippen molar-refractivity contribution in [3.05, 3.63) is 42.2 Å². The van der Waals surface area contributed by atoms with Crippen LogP contribution in [0.25, 0.3) is 11.1 Å². The standard InChI is InChI=1S/C24H29F3N2O4/c1-14(2)10-15(29-22(30)33-23(3,4)5)13-31-16-6-7-17-19-12-28-9-8-18(19)21(24(25,26)27)32-20(17)11-16/h6-9,11-12,14-15,21H,10,13H2,1-5H3,(H,29,30)/t15-,21?/m0/s1. The molecule has 0 fully saturated rings. The molecule has 1 aliphatic heterocycles. The van der Waals surface area contributed by atoms with Gasteiger partial charge in [0.15, 0.2) is 0 Å². The fraction of sp³-hybridized carbons (Fsp3) is 0.500. The Balaban J connectivity index is 1.77. The number of amides is 1. The van der Waals surface area contributed by atoms with Crippen molar-refractivity contribution in [2.45, 2.75) is 65.0 Å². The van der Waals surface area contributed by atoms with E-state index in [1.807, 2.05) is 13.8 Å². The molecule has 2 heterocycles. The highest BCUT2D eigenvalue weighted by molar-refractivity contribution is 5.76. The number of alkyl halides is 3. The summed E-state index contributed by atoms with van der Waals surface area (Å²) in [6, 6.07) is 5.72. The van der Waals surface area contributed by atoms with Crippen LogP contribution in [0.15, 0.2) is 36.7 Å². The van der Waals surface area contributed by atoms with E-state index < -0.39 is 24.0 Å². The number of alkyl carbamates (subject to hydrolysis) is 1. The van der Waals surface area contributed by atoms with E-state index in [0.717, 1.165) is 0 Å². The third-order valence-electron chi connectivity index (χ3n) is 4.85. The van der Waals surface area contributed by atoms with E-state index in [9.17, 15) is 18.0 Å². The van der Waals surface area contributed by atoms with Crippen LogP contribution < -0.4 is 14.8 Å². The minimum absolute atomic E-state index is 0.0252. The first-order valence-electron chi connectivity index (χ1n) is 10.8. The molecule has 6 nitrogen and oxygen atoms in total. The molecule has 0 saturated heterocycles. The molecule has 0 saturated carbocycles. The van der Waals surface area contributed by atoms with Crippen molar-refractivity contribution >= 4 is 6.09 Å². The number of fused-ring (bicyclic) bond motifs is 3. The Hall–Kier alpha value is -2.97. The summed E-state index contributed by atoms with van der Waals surface area (Å²) < 4.78 is 57.3. The number of nitrogens with one attached hydrogen (secondary N) is 1. The van der Waals surface area contributed by atoms with E-state index in [1.54, 1.807) is 32.9 Å². The Morgan fingerprint density at radius 2 is 1.91 bits per heavy atom. The predicted octanol–water partition coefficient (Wildman–Crippen LogP) is 6.06. The third kappa shape index (κ3) is 6.52. The Labute approximate surface area is 191 Å². The summed E-state index contributed by atoms with van der Waals surface area (Å²) in [5, 5.41) is 2.80. The van der Waals surface area contributed by atoms with Crippen molar-refractivity contribution in [3.63, 3.8) is 0 Å². The number of benzene rings is 1. The summed E-state index contributed by atoms with van der Waals surface area (Å²) in [6.45, 7) is 9.47. The zero-order valence-electron chi connectivity index (χ0n) is 19.3. The lowest BCUT2D eigenvalue weighted by Gasteiger charge is -2.30. The van der Waals surface area contributed by atoms with Gasteiger partial charge < -0.3 is 19.5 Å². The molecule has 2 atom stereocenters. The van der Waals surface area contributed by atoms with Gasteiger partial charge in [0.25, 0.3) is 0 Å². The second kappa shape index (κ2) is 9.49. The molecule has 1 aromatic carbocycles. The minimum atomic E-state index is -4.58. The van der Waals surface area contributed by atoms with E-state index in [0.29, 0.717) is 23.3 Å². The normalized spacial score (nSPS) is 16.3. The molecule has 1 N–H and O–H groups in total. The SMILES string of the molecule is CC(C)C[C@@H](COc1ccc2c(c1)OC(C(F)(F)F)c1ccncc1-2)NC(=O)OC(C)(C)C. The highest BCUT2D eigenvalue weighted by atomic mass is 19.4. The number of carbonyl (C=O) groups excluding carboxylic acids is 1. The molecular formula is C24H29F3N2O4. The zero-order chi connectivity index (χ0) is 24.4. The molecule has 2 aromatic rings. The van der Waals surface area contributed by atoms with Gasteiger partial charge in [0.05, 0.1) is 6.04 Å². The molecule has 0 aliphatic carbocycles.